The molecule has 1 saturated heterocycles. The second-order valence-electron chi connectivity index (χ2n) is 6.10. The van der Waals surface area contributed by atoms with Crippen LogP contribution >= 0.6 is 0 Å². The Hall–Kier alpha value is -0.160. The van der Waals surface area contributed by atoms with E-state index in [4.69, 9.17) is 15.2 Å². The molecule has 0 radical (unpaired) electrons. The Kier molecular flexibility index (Phi) is 3.78. The molecule has 1 heterocycles. The lowest BCUT2D eigenvalue weighted by Gasteiger charge is -2.52. The molecule has 1 saturated carbocycles. The summed E-state index contributed by atoms with van der Waals surface area (Å²) in [5.74, 6) is 0. The Morgan fingerprint density at radius 3 is 2.76 bits per heavy atom. The summed E-state index contributed by atoms with van der Waals surface area (Å²) >= 11 is 0. The average Bonchev–Trinajstić information content (AvgIpc) is 2.70. The fourth-order valence-corrected chi connectivity index (χ4v) is 2.80. The van der Waals surface area contributed by atoms with Crippen molar-refractivity contribution in [2.24, 2.45) is 11.1 Å². The fourth-order valence-electron chi connectivity index (χ4n) is 2.80. The van der Waals surface area contributed by atoms with Gasteiger partial charge in [0.05, 0.1) is 18.2 Å². The Morgan fingerprint density at radius 2 is 2.24 bits per heavy atom. The van der Waals surface area contributed by atoms with Crippen molar-refractivity contribution in [3.05, 3.63) is 0 Å². The van der Waals surface area contributed by atoms with Gasteiger partial charge in [-0.1, -0.05) is 13.8 Å². The van der Waals surface area contributed by atoms with Gasteiger partial charge in [-0.3, -0.25) is 0 Å². The first kappa shape index (κ1) is 13.3. The van der Waals surface area contributed by atoms with E-state index in [9.17, 15) is 0 Å². The summed E-state index contributed by atoms with van der Waals surface area (Å²) in [5.41, 5.74) is 6.30. The third-order valence-electron chi connectivity index (χ3n) is 4.38. The summed E-state index contributed by atoms with van der Waals surface area (Å²) in [5, 5.41) is 3.60. The van der Waals surface area contributed by atoms with E-state index in [2.05, 4.69) is 26.1 Å². The molecule has 1 aliphatic carbocycles. The van der Waals surface area contributed by atoms with Crippen molar-refractivity contribution in [3.63, 3.8) is 0 Å². The van der Waals surface area contributed by atoms with E-state index in [1.165, 1.54) is 0 Å². The summed E-state index contributed by atoms with van der Waals surface area (Å²) in [4.78, 5) is 0. The first-order chi connectivity index (χ1) is 7.98. The van der Waals surface area contributed by atoms with Crippen molar-refractivity contribution >= 4 is 0 Å². The highest BCUT2D eigenvalue weighted by molar-refractivity contribution is 5.04. The van der Waals surface area contributed by atoms with Gasteiger partial charge in [-0.15, -0.1) is 0 Å². The van der Waals surface area contributed by atoms with Crippen LogP contribution < -0.4 is 11.1 Å². The molecule has 0 bridgehead atoms. The normalized spacial score (nSPS) is 40.2. The average molecular weight is 242 g/mol. The topological polar surface area (TPSA) is 56.5 Å². The van der Waals surface area contributed by atoms with Gasteiger partial charge in [0.1, 0.15) is 0 Å². The number of nitrogens with two attached hydrogens (primary N) is 1. The molecule has 0 amide bonds. The summed E-state index contributed by atoms with van der Waals surface area (Å²) in [6.45, 7) is 9.72. The SMILES string of the molecule is CCOC1CC(NCC2(N)CCOC2)C1(C)C. The van der Waals surface area contributed by atoms with Crippen molar-refractivity contribution in [1.29, 1.82) is 0 Å². The van der Waals surface area contributed by atoms with Crippen LogP contribution in [0, 0.1) is 5.41 Å². The van der Waals surface area contributed by atoms with Crippen LogP contribution in [0.5, 0.6) is 0 Å². The predicted octanol–water partition coefficient (Wildman–Crippen LogP) is 0.897. The second-order valence-corrected chi connectivity index (χ2v) is 6.10. The standard InChI is InChI=1S/C13H26N2O2/c1-4-17-11-7-10(12(11,2)3)15-8-13(14)5-6-16-9-13/h10-11,15H,4-9,14H2,1-3H3. The van der Waals surface area contributed by atoms with E-state index < -0.39 is 0 Å². The van der Waals surface area contributed by atoms with Crippen LogP contribution in [-0.4, -0.2) is 44.1 Å². The van der Waals surface area contributed by atoms with E-state index in [1.54, 1.807) is 0 Å². The van der Waals surface area contributed by atoms with Gasteiger partial charge in [0.2, 0.25) is 0 Å². The lowest BCUT2D eigenvalue weighted by atomic mass is 9.64. The molecule has 4 nitrogen and oxygen atoms in total. The maximum absolute atomic E-state index is 6.25. The highest BCUT2D eigenvalue weighted by Gasteiger charge is 2.49. The van der Waals surface area contributed by atoms with Gasteiger partial charge in [-0.2, -0.15) is 0 Å². The van der Waals surface area contributed by atoms with Gasteiger partial charge < -0.3 is 20.5 Å². The molecule has 3 N–H and O–H groups in total. The van der Waals surface area contributed by atoms with E-state index in [0.717, 1.165) is 32.6 Å². The van der Waals surface area contributed by atoms with Gasteiger partial charge in [-0.05, 0) is 19.8 Å². The first-order valence-electron chi connectivity index (χ1n) is 6.69. The minimum absolute atomic E-state index is 0.160. The van der Waals surface area contributed by atoms with E-state index in [0.29, 0.717) is 18.8 Å². The van der Waals surface area contributed by atoms with Gasteiger partial charge in [0.25, 0.3) is 0 Å². The van der Waals surface area contributed by atoms with Crippen LogP contribution in [0.2, 0.25) is 0 Å². The van der Waals surface area contributed by atoms with Crippen LogP contribution in [0.25, 0.3) is 0 Å². The number of nitrogens with one attached hydrogen (secondary N) is 1. The van der Waals surface area contributed by atoms with Crippen LogP contribution in [0.4, 0.5) is 0 Å². The Morgan fingerprint density at radius 1 is 1.47 bits per heavy atom. The molecule has 100 valence electrons. The highest BCUT2D eigenvalue weighted by Crippen LogP contribution is 2.42. The minimum atomic E-state index is -0.160. The molecule has 17 heavy (non-hydrogen) atoms. The third-order valence-corrected chi connectivity index (χ3v) is 4.38. The first-order valence-corrected chi connectivity index (χ1v) is 6.69. The maximum atomic E-state index is 6.25. The molecule has 0 spiro atoms. The summed E-state index contributed by atoms with van der Waals surface area (Å²) in [7, 11) is 0. The summed E-state index contributed by atoms with van der Waals surface area (Å²) < 4.78 is 11.1. The zero-order valence-electron chi connectivity index (χ0n) is 11.3. The number of hydrogen-bond donors (Lipinski definition) is 2. The van der Waals surface area contributed by atoms with Gasteiger partial charge >= 0.3 is 0 Å². The highest BCUT2D eigenvalue weighted by atomic mass is 16.5. The molecule has 0 aromatic carbocycles. The lowest BCUT2D eigenvalue weighted by molar-refractivity contribution is -0.114. The van der Waals surface area contributed by atoms with E-state index >= 15 is 0 Å². The van der Waals surface area contributed by atoms with Crippen molar-refractivity contribution in [1.82, 2.24) is 5.32 Å². The van der Waals surface area contributed by atoms with E-state index in [-0.39, 0.29) is 11.0 Å². The predicted molar refractivity (Wildman–Crippen MR) is 68.0 cm³/mol. The molecular weight excluding hydrogens is 216 g/mol. The van der Waals surface area contributed by atoms with Crippen molar-refractivity contribution in [2.75, 3.05) is 26.4 Å². The molecule has 2 aliphatic rings. The van der Waals surface area contributed by atoms with Gasteiger partial charge in [-0.25, -0.2) is 0 Å². The molecule has 1 aliphatic heterocycles. The van der Waals surface area contributed by atoms with E-state index in [1.807, 2.05) is 0 Å². The minimum Gasteiger partial charge on any atom is -0.379 e. The number of ether oxygens (including phenoxy) is 2. The van der Waals surface area contributed by atoms with Crippen LogP contribution in [-0.2, 0) is 9.47 Å². The molecule has 2 fully saturated rings. The number of rotatable bonds is 5. The molecule has 0 aromatic heterocycles. The maximum Gasteiger partial charge on any atom is 0.0659 e. The fraction of sp³-hybridized carbons (Fsp3) is 1.00. The molecular formula is C13H26N2O2. The van der Waals surface area contributed by atoms with Crippen molar-refractivity contribution in [2.45, 2.75) is 51.3 Å². The number of hydrogen-bond acceptors (Lipinski definition) is 4. The van der Waals surface area contributed by atoms with Crippen LogP contribution in [0.1, 0.15) is 33.6 Å². The van der Waals surface area contributed by atoms with Crippen LogP contribution in [0.15, 0.2) is 0 Å². The van der Waals surface area contributed by atoms with Crippen molar-refractivity contribution in [3.8, 4) is 0 Å². The Labute approximate surface area is 104 Å². The Bertz CT molecular complexity index is 262. The van der Waals surface area contributed by atoms with Crippen LogP contribution in [0.3, 0.4) is 0 Å². The zero-order chi connectivity index (χ0) is 12.5. The van der Waals surface area contributed by atoms with Gasteiger partial charge in [0.15, 0.2) is 0 Å². The molecule has 2 rings (SSSR count). The third kappa shape index (κ3) is 2.65. The second kappa shape index (κ2) is 4.84. The molecule has 4 heteroatoms. The monoisotopic (exact) mass is 242 g/mol. The lowest BCUT2D eigenvalue weighted by Crippen LogP contribution is -2.64. The summed E-state index contributed by atoms with van der Waals surface area (Å²) in [6.07, 6.45) is 2.44. The molecule has 3 unspecified atom stereocenters. The van der Waals surface area contributed by atoms with Crippen molar-refractivity contribution < 1.29 is 9.47 Å². The Balaban J connectivity index is 1.78. The molecule has 0 aromatic rings. The zero-order valence-corrected chi connectivity index (χ0v) is 11.3. The largest absolute Gasteiger partial charge is 0.379 e. The smallest absolute Gasteiger partial charge is 0.0659 e. The van der Waals surface area contributed by atoms with Gasteiger partial charge in [0, 0.05) is 31.2 Å². The summed E-state index contributed by atoms with van der Waals surface area (Å²) in [6, 6.07) is 0.514. The quantitative estimate of drug-likeness (QED) is 0.752. The molecule has 3 atom stereocenters.